The second-order valence-electron chi connectivity index (χ2n) is 4.31. The fourth-order valence-electron chi connectivity index (χ4n) is 1.72. The summed E-state index contributed by atoms with van der Waals surface area (Å²) in [5.41, 5.74) is 2.03. The first-order valence-corrected chi connectivity index (χ1v) is 5.92. The summed E-state index contributed by atoms with van der Waals surface area (Å²) in [6.07, 6.45) is 1.09. The van der Waals surface area contributed by atoms with Crippen molar-refractivity contribution in [1.29, 1.82) is 0 Å². The van der Waals surface area contributed by atoms with Gasteiger partial charge in [0.1, 0.15) is 0 Å². The molecule has 2 aromatic rings. The summed E-state index contributed by atoms with van der Waals surface area (Å²) in [5, 5.41) is 12.3. The zero-order valence-corrected chi connectivity index (χ0v) is 10.4. The molecule has 0 radical (unpaired) electrons. The Labute approximate surface area is 105 Å². The van der Waals surface area contributed by atoms with Crippen molar-refractivity contribution in [3.8, 4) is 11.3 Å². The Morgan fingerprint density at radius 2 is 2.06 bits per heavy atom. The predicted molar refractivity (Wildman–Crippen MR) is 67.6 cm³/mol. The van der Waals surface area contributed by atoms with Crippen molar-refractivity contribution in [2.45, 2.75) is 26.2 Å². The molecule has 2 rings (SSSR count). The number of aromatic carboxylic acids is 1. The van der Waals surface area contributed by atoms with E-state index in [-0.39, 0.29) is 5.69 Å². The molecule has 4 heteroatoms. The lowest BCUT2D eigenvalue weighted by molar-refractivity contribution is 0.0686. The van der Waals surface area contributed by atoms with Crippen molar-refractivity contribution in [1.82, 2.24) is 5.16 Å². The standard InChI is InChI=1S/C14H15NO3/c1-3-9(2)10-4-6-11(7-5-10)13-8-12(14(16)17)15-18-13/h4-9H,3H2,1-2H3,(H,16,17). The summed E-state index contributed by atoms with van der Waals surface area (Å²) < 4.78 is 5.01. The number of aromatic nitrogens is 1. The normalized spacial score (nSPS) is 12.3. The van der Waals surface area contributed by atoms with Crippen molar-refractivity contribution >= 4 is 5.97 Å². The molecule has 18 heavy (non-hydrogen) atoms. The molecule has 0 aliphatic heterocycles. The lowest BCUT2D eigenvalue weighted by Gasteiger charge is -2.08. The Hall–Kier alpha value is -2.10. The van der Waals surface area contributed by atoms with E-state index in [9.17, 15) is 4.79 Å². The van der Waals surface area contributed by atoms with Gasteiger partial charge in [-0.2, -0.15) is 0 Å². The number of benzene rings is 1. The summed E-state index contributed by atoms with van der Waals surface area (Å²) in [6, 6.07) is 9.35. The van der Waals surface area contributed by atoms with Crippen LogP contribution in [0.25, 0.3) is 11.3 Å². The first-order valence-electron chi connectivity index (χ1n) is 5.92. The maximum Gasteiger partial charge on any atom is 0.358 e. The van der Waals surface area contributed by atoms with Gasteiger partial charge >= 0.3 is 5.97 Å². The van der Waals surface area contributed by atoms with Crippen LogP contribution in [-0.2, 0) is 0 Å². The van der Waals surface area contributed by atoms with Gasteiger partial charge in [-0.3, -0.25) is 0 Å². The Morgan fingerprint density at radius 1 is 1.39 bits per heavy atom. The van der Waals surface area contributed by atoms with Gasteiger partial charge in [0.25, 0.3) is 0 Å². The van der Waals surface area contributed by atoms with Crippen LogP contribution in [0, 0.1) is 0 Å². The second-order valence-corrected chi connectivity index (χ2v) is 4.31. The summed E-state index contributed by atoms with van der Waals surface area (Å²) in [5.74, 6) is -0.0901. The largest absolute Gasteiger partial charge is 0.476 e. The van der Waals surface area contributed by atoms with E-state index in [0.717, 1.165) is 12.0 Å². The zero-order chi connectivity index (χ0) is 13.1. The van der Waals surface area contributed by atoms with E-state index < -0.39 is 5.97 Å². The lowest BCUT2D eigenvalue weighted by atomic mass is 9.97. The van der Waals surface area contributed by atoms with Gasteiger partial charge < -0.3 is 9.63 Å². The maximum absolute atomic E-state index is 10.7. The minimum Gasteiger partial charge on any atom is -0.476 e. The van der Waals surface area contributed by atoms with Gasteiger partial charge in [-0.1, -0.05) is 43.3 Å². The van der Waals surface area contributed by atoms with Crippen LogP contribution < -0.4 is 0 Å². The van der Waals surface area contributed by atoms with Crippen LogP contribution in [0.2, 0.25) is 0 Å². The minimum absolute atomic E-state index is 0.0731. The van der Waals surface area contributed by atoms with Crippen molar-refractivity contribution in [3.05, 3.63) is 41.6 Å². The molecule has 0 aliphatic carbocycles. The van der Waals surface area contributed by atoms with Crippen molar-refractivity contribution in [2.75, 3.05) is 0 Å². The van der Waals surface area contributed by atoms with Gasteiger partial charge in [0.2, 0.25) is 0 Å². The van der Waals surface area contributed by atoms with Crippen LogP contribution >= 0.6 is 0 Å². The number of nitrogens with zero attached hydrogens (tertiary/aromatic N) is 1. The van der Waals surface area contributed by atoms with Gasteiger partial charge in [-0.25, -0.2) is 4.79 Å². The van der Waals surface area contributed by atoms with Crippen LogP contribution in [0.4, 0.5) is 0 Å². The highest BCUT2D eigenvalue weighted by Crippen LogP contribution is 2.24. The number of hydrogen-bond acceptors (Lipinski definition) is 3. The third-order valence-electron chi connectivity index (χ3n) is 3.11. The molecule has 94 valence electrons. The van der Waals surface area contributed by atoms with Crippen LogP contribution in [0.15, 0.2) is 34.9 Å². The first-order chi connectivity index (χ1) is 8.61. The smallest absolute Gasteiger partial charge is 0.358 e. The molecule has 1 heterocycles. The third kappa shape index (κ3) is 2.42. The highest BCUT2D eigenvalue weighted by atomic mass is 16.5. The molecule has 0 saturated carbocycles. The monoisotopic (exact) mass is 245 g/mol. The molecule has 0 aliphatic rings. The Balaban J connectivity index is 2.25. The predicted octanol–water partition coefficient (Wildman–Crippen LogP) is 3.55. The number of carbonyl (C=O) groups is 1. The van der Waals surface area contributed by atoms with Crippen molar-refractivity contribution < 1.29 is 14.4 Å². The van der Waals surface area contributed by atoms with Crippen LogP contribution in [0.1, 0.15) is 42.2 Å². The molecule has 1 N–H and O–H groups in total. The lowest BCUT2D eigenvalue weighted by Crippen LogP contribution is -1.94. The number of carboxylic acids is 1. The molecule has 0 bridgehead atoms. The molecule has 1 unspecified atom stereocenters. The fourth-order valence-corrected chi connectivity index (χ4v) is 1.72. The fraction of sp³-hybridized carbons (Fsp3) is 0.286. The van der Waals surface area contributed by atoms with Crippen LogP contribution in [-0.4, -0.2) is 16.2 Å². The number of rotatable bonds is 4. The first kappa shape index (κ1) is 12.4. The molecular formula is C14H15NO3. The quantitative estimate of drug-likeness (QED) is 0.894. The zero-order valence-electron chi connectivity index (χ0n) is 10.4. The molecule has 1 atom stereocenters. The maximum atomic E-state index is 10.7. The summed E-state index contributed by atoms with van der Waals surface area (Å²) in [6.45, 7) is 4.32. The van der Waals surface area contributed by atoms with Gasteiger partial charge in [0, 0.05) is 11.6 Å². The van der Waals surface area contributed by atoms with Gasteiger partial charge in [0.05, 0.1) is 0 Å². The average Bonchev–Trinajstić information content (AvgIpc) is 2.88. The van der Waals surface area contributed by atoms with Gasteiger partial charge in [0.15, 0.2) is 11.5 Å². The summed E-state index contributed by atoms with van der Waals surface area (Å²) >= 11 is 0. The highest BCUT2D eigenvalue weighted by molar-refractivity contribution is 5.86. The number of carboxylic acid groups (broad SMARTS) is 1. The van der Waals surface area contributed by atoms with Gasteiger partial charge in [-0.05, 0) is 17.9 Å². The molecule has 0 fully saturated rings. The van der Waals surface area contributed by atoms with E-state index in [4.69, 9.17) is 9.63 Å². The molecule has 0 spiro atoms. The van der Waals surface area contributed by atoms with E-state index in [1.165, 1.54) is 11.6 Å². The topological polar surface area (TPSA) is 63.3 Å². The molecule has 1 aromatic carbocycles. The third-order valence-corrected chi connectivity index (χ3v) is 3.11. The Bertz CT molecular complexity index is 542. The van der Waals surface area contributed by atoms with E-state index >= 15 is 0 Å². The van der Waals surface area contributed by atoms with E-state index in [2.05, 4.69) is 19.0 Å². The van der Waals surface area contributed by atoms with E-state index in [1.807, 2.05) is 24.3 Å². The second kappa shape index (κ2) is 5.04. The van der Waals surface area contributed by atoms with E-state index in [1.54, 1.807) is 0 Å². The average molecular weight is 245 g/mol. The minimum atomic E-state index is -1.08. The molecular weight excluding hydrogens is 230 g/mol. The van der Waals surface area contributed by atoms with Crippen molar-refractivity contribution in [2.24, 2.45) is 0 Å². The SMILES string of the molecule is CCC(C)c1ccc(-c2cc(C(=O)O)no2)cc1. The van der Waals surface area contributed by atoms with Crippen molar-refractivity contribution in [3.63, 3.8) is 0 Å². The van der Waals surface area contributed by atoms with Crippen LogP contribution in [0.3, 0.4) is 0 Å². The highest BCUT2D eigenvalue weighted by Gasteiger charge is 2.12. The Kier molecular flexibility index (Phi) is 3.46. The van der Waals surface area contributed by atoms with Gasteiger partial charge in [-0.15, -0.1) is 0 Å². The van der Waals surface area contributed by atoms with E-state index in [0.29, 0.717) is 11.7 Å². The summed E-state index contributed by atoms with van der Waals surface area (Å²) in [4.78, 5) is 10.7. The number of hydrogen-bond donors (Lipinski definition) is 1. The molecule has 0 amide bonds. The molecule has 1 aromatic heterocycles. The molecule has 4 nitrogen and oxygen atoms in total. The van der Waals surface area contributed by atoms with Crippen LogP contribution in [0.5, 0.6) is 0 Å². The Morgan fingerprint density at radius 3 is 2.56 bits per heavy atom. The molecule has 0 saturated heterocycles. The summed E-state index contributed by atoms with van der Waals surface area (Å²) in [7, 11) is 0.